The van der Waals surface area contributed by atoms with E-state index in [1.54, 1.807) is 36.4 Å². The second-order valence-corrected chi connectivity index (χ2v) is 5.54. The molecular formula is C19H16N4O5. The maximum Gasteiger partial charge on any atom is 0.349 e. The lowest BCUT2D eigenvalue weighted by molar-refractivity contribution is 0.303. The Morgan fingerprint density at radius 1 is 1.18 bits per heavy atom. The van der Waals surface area contributed by atoms with Crippen LogP contribution in [0.15, 0.2) is 51.1 Å². The highest BCUT2D eigenvalue weighted by Crippen LogP contribution is 2.38. The fourth-order valence-electron chi connectivity index (χ4n) is 2.60. The summed E-state index contributed by atoms with van der Waals surface area (Å²) in [5, 5.41) is 13.0. The van der Waals surface area contributed by atoms with Gasteiger partial charge in [-0.1, -0.05) is 12.1 Å². The van der Waals surface area contributed by atoms with Crippen LogP contribution in [-0.2, 0) is 0 Å². The lowest BCUT2D eigenvalue weighted by Gasteiger charge is -2.13. The van der Waals surface area contributed by atoms with E-state index in [-0.39, 0.29) is 12.4 Å². The van der Waals surface area contributed by atoms with E-state index < -0.39 is 11.2 Å². The molecule has 0 saturated carbocycles. The molecule has 9 heteroatoms. The van der Waals surface area contributed by atoms with Crippen LogP contribution < -0.4 is 25.5 Å². The maximum absolute atomic E-state index is 12.5. The molecule has 9 nitrogen and oxygen atoms in total. The van der Waals surface area contributed by atoms with Gasteiger partial charge in [0.05, 0.1) is 31.3 Å². The molecule has 1 aromatic heterocycles. The number of aromatic nitrogens is 2. The molecule has 3 aromatic rings. The van der Waals surface area contributed by atoms with Crippen LogP contribution in [0, 0.1) is 11.3 Å². The van der Waals surface area contributed by atoms with E-state index >= 15 is 0 Å². The van der Waals surface area contributed by atoms with E-state index in [4.69, 9.17) is 19.5 Å². The zero-order valence-corrected chi connectivity index (χ0v) is 15.1. The molecule has 1 heterocycles. The van der Waals surface area contributed by atoms with Crippen molar-refractivity contribution in [3.05, 3.63) is 62.8 Å². The molecular weight excluding hydrogens is 364 g/mol. The van der Waals surface area contributed by atoms with Crippen molar-refractivity contribution in [1.82, 2.24) is 9.66 Å². The van der Waals surface area contributed by atoms with Gasteiger partial charge in [0, 0.05) is 5.56 Å². The summed E-state index contributed by atoms with van der Waals surface area (Å²) in [6.07, 6.45) is 1.32. The van der Waals surface area contributed by atoms with Gasteiger partial charge in [-0.05, 0) is 24.3 Å². The number of hydrogen-bond donors (Lipinski definition) is 1. The van der Waals surface area contributed by atoms with Crippen molar-refractivity contribution in [2.45, 2.75) is 0 Å². The van der Waals surface area contributed by atoms with E-state index in [0.717, 1.165) is 4.68 Å². The van der Waals surface area contributed by atoms with E-state index in [2.05, 4.69) is 10.1 Å². The van der Waals surface area contributed by atoms with Crippen molar-refractivity contribution in [2.24, 2.45) is 5.10 Å². The van der Waals surface area contributed by atoms with Crippen LogP contribution in [0.3, 0.4) is 0 Å². The molecule has 2 aromatic carbocycles. The molecule has 0 aliphatic rings. The van der Waals surface area contributed by atoms with Gasteiger partial charge in [-0.3, -0.25) is 4.79 Å². The van der Waals surface area contributed by atoms with E-state index in [1.165, 1.54) is 20.4 Å². The van der Waals surface area contributed by atoms with E-state index in [0.29, 0.717) is 28.0 Å². The lowest BCUT2D eigenvalue weighted by atomic mass is 10.2. The Kier molecular flexibility index (Phi) is 5.41. The highest BCUT2D eigenvalue weighted by Gasteiger charge is 2.14. The van der Waals surface area contributed by atoms with Gasteiger partial charge >= 0.3 is 5.69 Å². The highest BCUT2D eigenvalue weighted by molar-refractivity contribution is 5.82. The number of rotatable bonds is 6. The second kappa shape index (κ2) is 8.09. The standard InChI is InChI=1S/C19H16N4O5/c1-26-15-9-12(10-16(27-2)17(15)28-8-7-20)11-21-23-18(24)13-5-3-4-6-14(13)22-19(23)25/h3-6,9-11H,8H2,1-2H3,(H,22,25). The number of methoxy groups -OCH3 is 2. The van der Waals surface area contributed by atoms with Gasteiger partial charge in [-0.2, -0.15) is 10.4 Å². The molecule has 0 saturated heterocycles. The largest absolute Gasteiger partial charge is 0.493 e. The van der Waals surface area contributed by atoms with Gasteiger partial charge in [0.1, 0.15) is 6.07 Å². The molecule has 0 aliphatic heterocycles. The SMILES string of the molecule is COc1cc(C=Nn2c(=O)[nH]c3ccccc3c2=O)cc(OC)c1OCC#N. The molecule has 0 bridgehead atoms. The van der Waals surface area contributed by atoms with Gasteiger partial charge in [-0.15, -0.1) is 4.68 Å². The fraction of sp³-hybridized carbons (Fsp3) is 0.158. The highest BCUT2D eigenvalue weighted by atomic mass is 16.5. The van der Waals surface area contributed by atoms with Crippen molar-refractivity contribution in [1.29, 1.82) is 5.26 Å². The summed E-state index contributed by atoms with van der Waals surface area (Å²) < 4.78 is 16.6. The third-order valence-electron chi connectivity index (χ3n) is 3.87. The molecule has 0 radical (unpaired) electrons. The Morgan fingerprint density at radius 3 is 2.50 bits per heavy atom. The number of benzene rings is 2. The summed E-state index contributed by atoms with van der Waals surface area (Å²) >= 11 is 0. The summed E-state index contributed by atoms with van der Waals surface area (Å²) in [4.78, 5) is 27.3. The molecule has 3 rings (SSSR count). The quantitative estimate of drug-likeness (QED) is 0.647. The van der Waals surface area contributed by atoms with Crippen molar-refractivity contribution >= 4 is 17.1 Å². The first-order valence-electron chi connectivity index (χ1n) is 8.13. The number of nitrogens with zero attached hydrogens (tertiary/aromatic N) is 3. The van der Waals surface area contributed by atoms with Gasteiger partial charge in [0.2, 0.25) is 5.75 Å². The average Bonchev–Trinajstić information content (AvgIpc) is 2.71. The number of nitrogens with one attached hydrogen (secondary N) is 1. The van der Waals surface area contributed by atoms with Crippen molar-refractivity contribution in [3.8, 4) is 23.3 Å². The van der Waals surface area contributed by atoms with Crippen molar-refractivity contribution < 1.29 is 14.2 Å². The third-order valence-corrected chi connectivity index (χ3v) is 3.87. The Hall–Kier alpha value is -4.06. The molecule has 0 amide bonds. The number of hydrogen-bond acceptors (Lipinski definition) is 7. The molecule has 0 spiro atoms. The van der Waals surface area contributed by atoms with Gasteiger partial charge < -0.3 is 19.2 Å². The van der Waals surface area contributed by atoms with Crippen LogP contribution in [0.2, 0.25) is 0 Å². The van der Waals surface area contributed by atoms with Crippen LogP contribution >= 0.6 is 0 Å². The summed E-state index contributed by atoms with van der Waals surface area (Å²) in [5.41, 5.74) is -0.264. The van der Waals surface area contributed by atoms with Gasteiger partial charge in [0.25, 0.3) is 5.56 Å². The number of aromatic amines is 1. The normalized spacial score (nSPS) is 10.8. The van der Waals surface area contributed by atoms with Crippen molar-refractivity contribution in [3.63, 3.8) is 0 Å². The topological polar surface area (TPSA) is 119 Å². The number of H-pyrrole nitrogens is 1. The van der Waals surface area contributed by atoms with E-state index in [9.17, 15) is 9.59 Å². The third kappa shape index (κ3) is 3.57. The Morgan fingerprint density at radius 2 is 1.86 bits per heavy atom. The first-order valence-corrected chi connectivity index (χ1v) is 8.13. The molecule has 1 N–H and O–H groups in total. The Labute approximate surface area is 159 Å². The van der Waals surface area contributed by atoms with Crippen LogP contribution in [-0.4, -0.2) is 36.7 Å². The number of fused-ring (bicyclic) bond motifs is 1. The smallest absolute Gasteiger partial charge is 0.349 e. The minimum atomic E-state index is -0.659. The molecule has 0 aliphatic carbocycles. The summed E-state index contributed by atoms with van der Waals surface area (Å²) in [7, 11) is 2.88. The number of ether oxygens (including phenoxy) is 3. The second-order valence-electron chi connectivity index (χ2n) is 5.54. The Balaban J connectivity index is 2.06. The minimum absolute atomic E-state index is 0.179. The first kappa shape index (κ1) is 18.7. The molecule has 0 unspecified atom stereocenters. The van der Waals surface area contributed by atoms with Crippen LogP contribution in [0.25, 0.3) is 10.9 Å². The van der Waals surface area contributed by atoms with Crippen LogP contribution in [0.5, 0.6) is 17.2 Å². The molecule has 142 valence electrons. The first-order chi connectivity index (χ1) is 13.6. The van der Waals surface area contributed by atoms with Crippen LogP contribution in [0.1, 0.15) is 5.56 Å². The van der Waals surface area contributed by atoms with Crippen LogP contribution in [0.4, 0.5) is 0 Å². The predicted octanol–water partition coefficient (Wildman–Crippen LogP) is 1.49. The Bertz CT molecular complexity index is 1180. The number of nitriles is 1. The predicted molar refractivity (Wildman–Crippen MR) is 102 cm³/mol. The summed E-state index contributed by atoms with van der Waals surface area (Å²) in [5.74, 6) is 0.899. The molecule has 28 heavy (non-hydrogen) atoms. The molecule has 0 fully saturated rings. The van der Waals surface area contributed by atoms with Gasteiger partial charge in [0.15, 0.2) is 18.1 Å². The molecule has 0 atom stereocenters. The minimum Gasteiger partial charge on any atom is -0.493 e. The maximum atomic E-state index is 12.5. The zero-order valence-electron chi connectivity index (χ0n) is 15.1. The number of para-hydroxylation sites is 1. The lowest BCUT2D eigenvalue weighted by Crippen LogP contribution is -2.32. The summed E-state index contributed by atoms with van der Waals surface area (Å²) in [6, 6.07) is 11.7. The average molecular weight is 380 g/mol. The summed E-state index contributed by atoms with van der Waals surface area (Å²) in [6.45, 7) is -0.179. The fourth-order valence-corrected chi connectivity index (χ4v) is 2.60. The van der Waals surface area contributed by atoms with E-state index in [1.807, 2.05) is 6.07 Å². The van der Waals surface area contributed by atoms with Crippen molar-refractivity contribution in [2.75, 3.05) is 20.8 Å². The monoisotopic (exact) mass is 380 g/mol. The van der Waals surface area contributed by atoms with Gasteiger partial charge in [-0.25, -0.2) is 4.79 Å². The zero-order chi connectivity index (χ0) is 20.1.